The van der Waals surface area contributed by atoms with Crippen LogP contribution in [0.25, 0.3) is 0 Å². The Balaban J connectivity index is 2.53. The maximum Gasteiger partial charge on any atom is 0.475 e. The quantitative estimate of drug-likeness (QED) is 0.321. The molecular weight excluding hydrogens is 357 g/mol. The molecule has 0 aromatic carbocycles. The lowest BCUT2D eigenvalue weighted by Crippen LogP contribution is -2.42. The van der Waals surface area contributed by atoms with Gasteiger partial charge in [0.1, 0.15) is 5.60 Å². The molecule has 1 rings (SSSR count). The number of hydrogen-bond donors (Lipinski definition) is 1. The van der Waals surface area contributed by atoms with E-state index in [2.05, 4.69) is 6.92 Å². The van der Waals surface area contributed by atoms with Gasteiger partial charge < -0.3 is 24.5 Å². The van der Waals surface area contributed by atoms with Gasteiger partial charge in [0.15, 0.2) is 6.10 Å². The topological polar surface area (TPSA) is 80.0 Å². The number of carbonyl (C=O) groups excluding carboxylic acids is 1. The van der Waals surface area contributed by atoms with Gasteiger partial charge in [0, 0.05) is 12.5 Å². The Labute approximate surface area is 172 Å². The molecule has 28 heavy (non-hydrogen) atoms. The van der Waals surface area contributed by atoms with Crippen LogP contribution in [0.15, 0.2) is 0 Å². The Morgan fingerprint density at radius 3 is 2.11 bits per heavy atom. The minimum absolute atomic E-state index is 0.250. The summed E-state index contributed by atoms with van der Waals surface area (Å²) in [6, 6.07) is 0. The Hall–Kier alpha value is -0.625. The highest BCUT2D eigenvalue weighted by molar-refractivity contribution is 6.47. The van der Waals surface area contributed by atoms with Crippen LogP contribution in [0.2, 0.25) is 0 Å². The molecule has 1 aliphatic rings. The predicted molar refractivity (Wildman–Crippen MR) is 113 cm³/mol. The summed E-state index contributed by atoms with van der Waals surface area (Å²) in [5, 5.41) is 0. The zero-order valence-electron chi connectivity index (χ0n) is 19.3. The number of rotatable bonds is 11. The van der Waals surface area contributed by atoms with Gasteiger partial charge in [0.2, 0.25) is 0 Å². The van der Waals surface area contributed by atoms with Crippen molar-refractivity contribution < 1.29 is 23.6 Å². The SMILES string of the molecule is CCCCCOC(CCC[C@H](N)B1OC(C)(C)C(C)(C)O1)C(=O)OC(C)(C)C. The summed E-state index contributed by atoms with van der Waals surface area (Å²) >= 11 is 0. The summed E-state index contributed by atoms with van der Waals surface area (Å²) in [5.41, 5.74) is 5.01. The highest BCUT2D eigenvalue weighted by atomic mass is 16.7. The van der Waals surface area contributed by atoms with Gasteiger partial charge in [0.05, 0.1) is 11.2 Å². The molecule has 164 valence electrons. The molecule has 6 nitrogen and oxygen atoms in total. The van der Waals surface area contributed by atoms with Crippen LogP contribution >= 0.6 is 0 Å². The van der Waals surface area contributed by atoms with Crippen LogP contribution in [-0.2, 0) is 23.6 Å². The highest BCUT2D eigenvalue weighted by Crippen LogP contribution is 2.37. The zero-order valence-corrected chi connectivity index (χ0v) is 19.3. The van der Waals surface area contributed by atoms with Gasteiger partial charge in [-0.05, 0) is 74.1 Å². The summed E-state index contributed by atoms with van der Waals surface area (Å²) < 4.78 is 23.4. The Morgan fingerprint density at radius 1 is 1.04 bits per heavy atom. The van der Waals surface area contributed by atoms with Gasteiger partial charge in [0.25, 0.3) is 0 Å². The van der Waals surface area contributed by atoms with Crippen LogP contribution < -0.4 is 5.73 Å². The molecule has 0 aromatic heterocycles. The average molecular weight is 399 g/mol. The fourth-order valence-electron chi connectivity index (χ4n) is 2.95. The molecule has 0 bridgehead atoms. The molecule has 2 atom stereocenters. The molecule has 7 heteroatoms. The molecule has 0 aliphatic carbocycles. The van der Waals surface area contributed by atoms with E-state index >= 15 is 0 Å². The van der Waals surface area contributed by atoms with Crippen LogP contribution in [0, 0.1) is 0 Å². The lowest BCUT2D eigenvalue weighted by atomic mass is 9.76. The molecule has 1 unspecified atom stereocenters. The van der Waals surface area contributed by atoms with Crippen LogP contribution in [0.5, 0.6) is 0 Å². The number of hydrogen-bond acceptors (Lipinski definition) is 6. The summed E-state index contributed by atoms with van der Waals surface area (Å²) in [4.78, 5) is 12.5. The Kier molecular flexibility index (Phi) is 9.45. The van der Waals surface area contributed by atoms with Crippen LogP contribution in [0.1, 0.15) is 93.9 Å². The lowest BCUT2D eigenvalue weighted by molar-refractivity contribution is -0.169. The second-order valence-electron chi connectivity index (χ2n) is 9.82. The van der Waals surface area contributed by atoms with Crippen LogP contribution in [0.3, 0.4) is 0 Å². The van der Waals surface area contributed by atoms with Crippen molar-refractivity contribution >= 4 is 13.1 Å². The maximum absolute atomic E-state index is 12.5. The lowest BCUT2D eigenvalue weighted by Gasteiger charge is -2.32. The number of nitrogens with two attached hydrogens (primary N) is 1. The predicted octanol–water partition coefficient (Wildman–Crippen LogP) is 4.03. The third-order valence-corrected chi connectivity index (χ3v) is 5.36. The van der Waals surface area contributed by atoms with Crippen molar-refractivity contribution in [3.05, 3.63) is 0 Å². The minimum Gasteiger partial charge on any atom is -0.458 e. The van der Waals surface area contributed by atoms with Crippen molar-refractivity contribution in [3.8, 4) is 0 Å². The standard InChI is InChI=1S/C21H42BNO5/c1-9-10-11-15-25-16(18(24)26-19(2,3)4)13-12-14-17(23)22-27-20(5,6)21(7,8)28-22/h16-17H,9-15,23H2,1-8H3/t16?,17-/m0/s1. The van der Waals surface area contributed by atoms with Crippen LogP contribution in [-0.4, -0.2) is 48.5 Å². The van der Waals surface area contributed by atoms with E-state index in [1.165, 1.54) is 0 Å². The van der Waals surface area contributed by atoms with Crippen molar-refractivity contribution in [2.45, 2.75) is 123 Å². The van der Waals surface area contributed by atoms with Crippen molar-refractivity contribution in [1.82, 2.24) is 0 Å². The first-order valence-electron chi connectivity index (χ1n) is 10.7. The smallest absolute Gasteiger partial charge is 0.458 e. The van der Waals surface area contributed by atoms with E-state index in [0.717, 1.165) is 25.7 Å². The fourth-order valence-corrected chi connectivity index (χ4v) is 2.95. The van der Waals surface area contributed by atoms with E-state index in [9.17, 15) is 4.79 Å². The van der Waals surface area contributed by atoms with Gasteiger partial charge in [-0.2, -0.15) is 0 Å². The normalized spacial score (nSPS) is 20.8. The van der Waals surface area contributed by atoms with Crippen molar-refractivity contribution in [2.24, 2.45) is 5.73 Å². The maximum atomic E-state index is 12.5. The molecule has 0 aromatic rings. The van der Waals surface area contributed by atoms with Crippen molar-refractivity contribution in [3.63, 3.8) is 0 Å². The van der Waals surface area contributed by atoms with E-state index in [4.69, 9.17) is 24.5 Å². The van der Waals surface area contributed by atoms with E-state index in [-0.39, 0.29) is 11.9 Å². The van der Waals surface area contributed by atoms with E-state index < -0.39 is 30.0 Å². The Bertz CT molecular complexity index is 474. The third kappa shape index (κ3) is 8.01. The highest BCUT2D eigenvalue weighted by Gasteiger charge is 2.52. The van der Waals surface area contributed by atoms with Gasteiger partial charge in [-0.25, -0.2) is 4.79 Å². The molecule has 0 saturated carbocycles. The van der Waals surface area contributed by atoms with Gasteiger partial charge >= 0.3 is 13.1 Å². The first-order valence-corrected chi connectivity index (χ1v) is 10.7. The molecule has 0 radical (unpaired) electrons. The van der Waals surface area contributed by atoms with E-state index in [1.807, 2.05) is 48.5 Å². The van der Waals surface area contributed by atoms with Crippen molar-refractivity contribution in [2.75, 3.05) is 6.61 Å². The number of esters is 1. The molecule has 1 heterocycles. The van der Waals surface area contributed by atoms with Gasteiger partial charge in [-0.15, -0.1) is 0 Å². The summed E-state index contributed by atoms with van der Waals surface area (Å²) in [6.45, 7) is 16.4. The summed E-state index contributed by atoms with van der Waals surface area (Å²) in [5.74, 6) is -0.548. The van der Waals surface area contributed by atoms with Crippen molar-refractivity contribution in [1.29, 1.82) is 0 Å². The zero-order chi connectivity index (χ0) is 21.6. The second-order valence-corrected chi connectivity index (χ2v) is 9.82. The molecule has 1 saturated heterocycles. The first kappa shape index (κ1) is 25.4. The van der Waals surface area contributed by atoms with Gasteiger partial charge in [-0.1, -0.05) is 19.8 Å². The molecule has 1 aliphatic heterocycles. The van der Waals surface area contributed by atoms with E-state index in [0.29, 0.717) is 19.4 Å². The average Bonchev–Trinajstić information content (AvgIpc) is 2.76. The molecule has 1 fully saturated rings. The molecule has 0 amide bonds. The number of ether oxygens (including phenoxy) is 2. The molecular formula is C21H42BNO5. The molecule has 2 N–H and O–H groups in total. The molecule has 0 spiro atoms. The van der Waals surface area contributed by atoms with E-state index in [1.54, 1.807) is 0 Å². The summed E-state index contributed by atoms with van der Waals surface area (Å²) in [6.07, 6.45) is 4.60. The number of carbonyl (C=O) groups is 1. The van der Waals surface area contributed by atoms with Gasteiger partial charge in [-0.3, -0.25) is 0 Å². The second kappa shape index (κ2) is 10.4. The minimum atomic E-state index is -0.554. The largest absolute Gasteiger partial charge is 0.475 e. The number of unbranched alkanes of at least 4 members (excludes halogenated alkanes) is 2. The van der Waals surface area contributed by atoms with Crippen LogP contribution in [0.4, 0.5) is 0 Å². The monoisotopic (exact) mass is 399 g/mol. The third-order valence-electron chi connectivity index (χ3n) is 5.36. The summed E-state index contributed by atoms with van der Waals surface area (Å²) in [7, 11) is -0.435. The first-order chi connectivity index (χ1) is 12.8. The Morgan fingerprint density at radius 2 is 1.61 bits per heavy atom. The fraction of sp³-hybridized carbons (Fsp3) is 0.952.